The zero-order valence-electron chi connectivity index (χ0n) is 13.4. The van der Waals surface area contributed by atoms with Gasteiger partial charge >= 0.3 is 0 Å². The molecule has 6 nitrogen and oxygen atoms in total. The summed E-state index contributed by atoms with van der Waals surface area (Å²) in [6, 6.07) is -0.899. The van der Waals surface area contributed by atoms with Crippen LogP contribution in [0.5, 0.6) is 0 Å². The fraction of sp³-hybridized carbons (Fsp3) is 0.938. The van der Waals surface area contributed by atoms with Gasteiger partial charge in [-0.05, 0) is 18.9 Å². The molecule has 22 heavy (non-hydrogen) atoms. The van der Waals surface area contributed by atoms with Gasteiger partial charge in [-0.2, -0.15) is 0 Å². The Bertz CT molecular complexity index is 360. The molecule has 4 N–H and O–H groups in total. The van der Waals surface area contributed by atoms with E-state index in [4.69, 9.17) is 0 Å². The first-order chi connectivity index (χ1) is 10.6. The second-order valence-corrected chi connectivity index (χ2v) is 6.71. The Morgan fingerprint density at radius 2 is 1.77 bits per heavy atom. The third-order valence-electron chi connectivity index (χ3n) is 5.37. The lowest BCUT2D eigenvalue weighted by atomic mass is 9.87. The number of rotatable bonds is 6. The summed E-state index contributed by atoms with van der Waals surface area (Å²) in [6.07, 6.45) is 5.52. The normalized spacial score (nSPS) is 34.0. The highest BCUT2D eigenvalue weighted by molar-refractivity contribution is 5.76. The molecule has 1 aliphatic heterocycles. The van der Waals surface area contributed by atoms with Gasteiger partial charge in [-0.15, -0.1) is 0 Å². The first-order valence-electron chi connectivity index (χ1n) is 8.51. The van der Waals surface area contributed by atoms with Gasteiger partial charge in [-0.25, -0.2) is 0 Å². The topological polar surface area (TPSA) is 93.0 Å². The van der Waals surface area contributed by atoms with E-state index >= 15 is 0 Å². The van der Waals surface area contributed by atoms with Gasteiger partial charge in [0, 0.05) is 19.5 Å². The third-order valence-corrected chi connectivity index (χ3v) is 5.37. The summed E-state index contributed by atoms with van der Waals surface area (Å²) in [4.78, 5) is 13.6. The van der Waals surface area contributed by atoms with E-state index in [0.717, 1.165) is 6.42 Å². The van der Waals surface area contributed by atoms with Crippen molar-refractivity contribution in [3.05, 3.63) is 0 Å². The lowest BCUT2D eigenvalue weighted by Crippen LogP contribution is -2.44. The van der Waals surface area contributed by atoms with Crippen LogP contribution in [-0.2, 0) is 4.79 Å². The minimum atomic E-state index is -0.994. The van der Waals surface area contributed by atoms with Crippen LogP contribution in [0.1, 0.15) is 44.9 Å². The van der Waals surface area contributed by atoms with Crippen LogP contribution < -0.4 is 5.32 Å². The monoisotopic (exact) mass is 314 g/mol. The molecule has 0 aromatic heterocycles. The van der Waals surface area contributed by atoms with Gasteiger partial charge < -0.3 is 20.6 Å². The molecule has 0 unspecified atom stereocenters. The largest absolute Gasteiger partial charge is 0.395 e. The van der Waals surface area contributed by atoms with Crippen molar-refractivity contribution in [3.63, 3.8) is 0 Å². The molecular weight excluding hydrogens is 284 g/mol. The number of aliphatic hydroxyl groups excluding tert-OH is 3. The van der Waals surface area contributed by atoms with Crippen LogP contribution in [0.4, 0.5) is 0 Å². The van der Waals surface area contributed by atoms with Gasteiger partial charge in [0.1, 0.15) is 0 Å². The highest BCUT2D eigenvalue weighted by Gasteiger charge is 2.47. The zero-order chi connectivity index (χ0) is 16.1. The number of amides is 1. The smallest absolute Gasteiger partial charge is 0.221 e. The SMILES string of the molecule is CNC(=O)C[C@@H]1[C@H](O)[C@H](O)[C@@H](CO)N1CCC1CCCCC1. The predicted octanol–water partition coefficient (Wildman–Crippen LogP) is -0.140. The van der Waals surface area contributed by atoms with Crippen LogP contribution in [0.2, 0.25) is 0 Å². The highest BCUT2D eigenvalue weighted by Crippen LogP contribution is 2.31. The lowest BCUT2D eigenvalue weighted by Gasteiger charge is -2.31. The summed E-state index contributed by atoms with van der Waals surface area (Å²) < 4.78 is 0. The molecule has 1 amide bonds. The Morgan fingerprint density at radius 1 is 1.14 bits per heavy atom. The fourth-order valence-corrected chi connectivity index (χ4v) is 3.98. The maximum absolute atomic E-state index is 11.7. The average Bonchev–Trinajstić information content (AvgIpc) is 2.77. The summed E-state index contributed by atoms with van der Waals surface area (Å²) in [6.45, 7) is 0.513. The molecule has 2 aliphatic rings. The first-order valence-corrected chi connectivity index (χ1v) is 8.51. The Labute approximate surface area is 132 Å². The van der Waals surface area contributed by atoms with Crippen molar-refractivity contribution >= 4 is 5.91 Å². The molecule has 4 atom stereocenters. The third kappa shape index (κ3) is 3.98. The van der Waals surface area contributed by atoms with Crippen molar-refractivity contribution in [2.75, 3.05) is 20.2 Å². The lowest BCUT2D eigenvalue weighted by molar-refractivity contribution is -0.122. The van der Waals surface area contributed by atoms with E-state index in [-0.39, 0.29) is 18.9 Å². The zero-order valence-corrected chi connectivity index (χ0v) is 13.4. The predicted molar refractivity (Wildman–Crippen MR) is 83.3 cm³/mol. The van der Waals surface area contributed by atoms with Crippen molar-refractivity contribution in [2.24, 2.45) is 5.92 Å². The van der Waals surface area contributed by atoms with Crippen molar-refractivity contribution in [1.29, 1.82) is 0 Å². The number of carbonyl (C=O) groups excluding carboxylic acids is 1. The van der Waals surface area contributed by atoms with E-state index in [1.54, 1.807) is 7.05 Å². The van der Waals surface area contributed by atoms with Gasteiger partial charge in [0.25, 0.3) is 0 Å². The number of carbonyl (C=O) groups is 1. The number of likely N-dealkylation sites (tertiary alicyclic amines) is 1. The number of nitrogens with zero attached hydrogens (tertiary/aromatic N) is 1. The number of hydrogen-bond acceptors (Lipinski definition) is 5. The molecule has 0 aromatic rings. The summed E-state index contributed by atoms with van der Waals surface area (Å²) in [5, 5.41) is 32.5. The summed E-state index contributed by atoms with van der Waals surface area (Å²) in [5.41, 5.74) is 0. The Kier molecular flexibility index (Phi) is 6.62. The molecular formula is C16H30N2O4. The summed E-state index contributed by atoms with van der Waals surface area (Å²) >= 11 is 0. The van der Waals surface area contributed by atoms with Crippen molar-refractivity contribution in [1.82, 2.24) is 10.2 Å². The van der Waals surface area contributed by atoms with Crippen LogP contribution in [0.15, 0.2) is 0 Å². The number of hydrogen-bond donors (Lipinski definition) is 4. The summed E-state index contributed by atoms with van der Waals surface area (Å²) in [7, 11) is 1.57. The van der Waals surface area contributed by atoms with Crippen LogP contribution in [0.25, 0.3) is 0 Å². The first kappa shape index (κ1) is 17.7. The van der Waals surface area contributed by atoms with Crippen LogP contribution in [0, 0.1) is 5.92 Å². The molecule has 0 radical (unpaired) electrons. The van der Waals surface area contributed by atoms with Crippen molar-refractivity contribution < 1.29 is 20.1 Å². The maximum Gasteiger partial charge on any atom is 0.221 e. The molecule has 1 heterocycles. The number of nitrogens with one attached hydrogen (secondary N) is 1. The second-order valence-electron chi connectivity index (χ2n) is 6.71. The number of aliphatic hydroxyl groups is 3. The Hall–Kier alpha value is -0.690. The standard InChI is InChI=1S/C16H30N2O4/c1-17-14(20)9-12-15(21)16(22)13(10-19)18(12)8-7-11-5-3-2-4-6-11/h11-13,15-16,19,21-22H,2-10H2,1H3,(H,17,20)/t12-,13-,15+,16-/m1/s1. The van der Waals surface area contributed by atoms with Crippen molar-refractivity contribution in [3.8, 4) is 0 Å². The molecule has 0 bridgehead atoms. The molecule has 1 aliphatic carbocycles. The minimum Gasteiger partial charge on any atom is -0.395 e. The van der Waals surface area contributed by atoms with E-state index in [9.17, 15) is 20.1 Å². The van der Waals surface area contributed by atoms with Gasteiger partial charge in [0.15, 0.2) is 0 Å². The second kappa shape index (κ2) is 8.24. The molecule has 0 aromatic carbocycles. The minimum absolute atomic E-state index is 0.149. The Balaban J connectivity index is 1.99. The average molecular weight is 314 g/mol. The van der Waals surface area contributed by atoms with Gasteiger partial charge in [0.2, 0.25) is 5.91 Å². The highest BCUT2D eigenvalue weighted by atomic mass is 16.3. The van der Waals surface area contributed by atoms with E-state index in [2.05, 4.69) is 5.32 Å². The summed E-state index contributed by atoms with van der Waals surface area (Å²) in [5.74, 6) is 0.529. The van der Waals surface area contributed by atoms with E-state index in [1.807, 2.05) is 4.90 Å². The molecule has 2 fully saturated rings. The molecule has 1 saturated heterocycles. The molecule has 128 valence electrons. The maximum atomic E-state index is 11.7. The molecule has 0 spiro atoms. The molecule has 2 rings (SSSR count). The van der Waals surface area contributed by atoms with Crippen LogP contribution in [0.3, 0.4) is 0 Å². The fourth-order valence-electron chi connectivity index (χ4n) is 3.98. The van der Waals surface area contributed by atoms with E-state index < -0.39 is 24.3 Å². The van der Waals surface area contributed by atoms with Crippen molar-refractivity contribution in [2.45, 2.75) is 69.2 Å². The molecule has 1 saturated carbocycles. The molecule has 6 heteroatoms. The van der Waals surface area contributed by atoms with E-state index in [0.29, 0.717) is 12.5 Å². The van der Waals surface area contributed by atoms with E-state index in [1.165, 1.54) is 32.1 Å². The van der Waals surface area contributed by atoms with Gasteiger partial charge in [0.05, 0.1) is 24.9 Å². The Morgan fingerprint density at radius 3 is 2.36 bits per heavy atom. The quantitative estimate of drug-likeness (QED) is 0.548. The van der Waals surface area contributed by atoms with Gasteiger partial charge in [-0.3, -0.25) is 9.69 Å². The van der Waals surface area contributed by atoms with Crippen LogP contribution >= 0.6 is 0 Å². The van der Waals surface area contributed by atoms with Gasteiger partial charge in [-0.1, -0.05) is 32.1 Å². The van der Waals surface area contributed by atoms with Crippen LogP contribution in [-0.4, -0.2) is 70.6 Å².